The molecule has 160 valence electrons. The number of carbonyl (C=O) groups is 1. The summed E-state index contributed by atoms with van der Waals surface area (Å²) in [5.41, 5.74) is 4.51. The monoisotopic (exact) mass is 418 g/mol. The molecule has 1 aliphatic rings. The van der Waals surface area contributed by atoms with Crippen molar-refractivity contribution in [3.8, 4) is 22.6 Å². The molecule has 0 unspecified atom stereocenters. The summed E-state index contributed by atoms with van der Waals surface area (Å²) >= 11 is 0. The first-order valence-corrected chi connectivity index (χ1v) is 10.4. The van der Waals surface area contributed by atoms with Gasteiger partial charge in [0.2, 0.25) is 0 Å². The third kappa shape index (κ3) is 4.80. The van der Waals surface area contributed by atoms with Crippen molar-refractivity contribution < 1.29 is 9.53 Å². The van der Waals surface area contributed by atoms with Gasteiger partial charge >= 0.3 is 6.03 Å². The van der Waals surface area contributed by atoms with Gasteiger partial charge in [-0.3, -0.25) is 4.98 Å². The van der Waals surface area contributed by atoms with Crippen LogP contribution in [0.25, 0.3) is 22.6 Å². The SMILES string of the molecule is CCNC(=O)Nc1ccc(-c2nc(-c3ccncc3)c(C)c(N3CCOCC3)n2)cc1. The van der Waals surface area contributed by atoms with Crippen LogP contribution in [-0.4, -0.2) is 53.8 Å². The quantitative estimate of drug-likeness (QED) is 0.659. The second-order valence-corrected chi connectivity index (χ2v) is 7.24. The first-order valence-electron chi connectivity index (χ1n) is 10.4. The van der Waals surface area contributed by atoms with Crippen molar-refractivity contribution >= 4 is 17.5 Å². The average molecular weight is 419 g/mol. The van der Waals surface area contributed by atoms with Gasteiger partial charge in [-0.1, -0.05) is 0 Å². The molecular formula is C23H26N6O2. The molecule has 1 aromatic carbocycles. The van der Waals surface area contributed by atoms with Crippen LogP contribution in [-0.2, 0) is 4.74 Å². The van der Waals surface area contributed by atoms with Gasteiger partial charge in [-0.05, 0) is 50.2 Å². The van der Waals surface area contributed by atoms with E-state index in [2.05, 4.69) is 27.4 Å². The number of ether oxygens (including phenoxy) is 1. The highest BCUT2D eigenvalue weighted by molar-refractivity contribution is 5.89. The Kier molecular flexibility index (Phi) is 6.37. The number of amides is 2. The van der Waals surface area contributed by atoms with Gasteiger partial charge in [0.15, 0.2) is 5.82 Å². The lowest BCUT2D eigenvalue weighted by Gasteiger charge is -2.30. The highest BCUT2D eigenvalue weighted by Crippen LogP contribution is 2.31. The van der Waals surface area contributed by atoms with Crippen molar-refractivity contribution in [2.75, 3.05) is 43.1 Å². The molecule has 31 heavy (non-hydrogen) atoms. The number of urea groups is 1. The average Bonchev–Trinajstić information content (AvgIpc) is 2.81. The summed E-state index contributed by atoms with van der Waals surface area (Å²) in [5, 5.41) is 5.53. The number of carbonyl (C=O) groups excluding carboxylic acids is 1. The number of pyridine rings is 1. The number of nitrogens with zero attached hydrogens (tertiary/aromatic N) is 4. The van der Waals surface area contributed by atoms with E-state index >= 15 is 0 Å². The van der Waals surface area contributed by atoms with E-state index in [-0.39, 0.29) is 6.03 Å². The van der Waals surface area contributed by atoms with Gasteiger partial charge in [0, 0.05) is 54.4 Å². The summed E-state index contributed by atoms with van der Waals surface area (Å²) in [7, 11) is 0. The maximum absolute atomic E-state index is 11.8. The summed E-state index contributed by atoms with van der Waals surface area (Å²) in [6, 6.07) is 11.2. The molecule has 1 saturated heterocycles. The maximum Gasteiger partial charge on any atom is 0.319 e. The number of hydrogen-bond donors (Lipinski definition) is 2. The molecule has 8 heteroatoms. The van der Waals surface area contributed by atoms with Gasteiger partial charge in [0.25, 0.3) is 0 Å². The number of benzene rings is 1. The largest absolute Gasteiger partial charge is 0.378 e. The molecule has 2 N–H and O–H groups in total. The molecule has 1 aliphatic heterocycles. The zero-order chi connectivity index (χ0) is 21.6. The van der Waals surface area contributed by atoms with Crippen LogP contribution >= 0.6 is 0 Å². The molecule has 2 aromatic heterocycles. The molecular weight excluding hydrogens is 392 g/mol. The van der Waals surface area contributed by atoms with Gasteiger partial charge in [-0.2, -0.15) is 0 Å². The smallest absolute Gasteiger partial charge is 0.319 e. The van der Waals surface area contributed by atoms with Crippen LogP contribution in [0.5, 0.6) is 0 Å². The van der Waals surface area contributed by atoms with E-state index in [1.165, 1.54) is 0 Å². The summed E-state index contributed by atoms with van der Waals surface area (Å²) in [6.07, 6.45) is 3.54. The van der Waals surface area contributed by atoms with Gasteiger partial charge in [-0.25, -0.2) is 14.8 Å². The highest BCUT2D eigenvalue weighted by atomic mass is 16.5. The second kappa shape index (κ2) is 9.53. The molecule has 1 fully saturated rings. The Morgan fingerprint density at radius 1 is 1.03 bits per heavy atom. The zero-order valence-electron chi connectivity index (χ0n) is 17.8. The van der Waals surface area contributed by atoms with Crippen molar-refractivity contribution in [2.45, 2.75) is 13.8 Å². The molecule has 0 saturated carbocycles. The predicted molar refractivity (Wildman–Crippen MR) is 121 cm³/mol. The van der Waals surface area contributed by atoms with E-state index in [0.29, 0.717) is 31.3 Å². The zero-order valence-corrected chi connectivity index (χ0v) is 17.8. The minimum absolute atomic E-state index is 0.226. The number of rotatable bonds is 5. The van der Waals surface area contributed by atoms with Crippen molar-refractivity contribution in [2.24, 2.45) is 0 Å². The Labute approximate surface area is 181 Å². The molecule has 0 atom stereocenters. The minimum atomic E-state index is -0.226. The number of anilines is 2. The van der Waals surface area contributed by atoms with Crippen LogP contribution in [0.1, 0.15) is 12.5 Å². The molecule has 4 rings (SSSR count). The molecule has 0 radical (unpaired) electrons. The van der Waals surface area contributed by atoms with E-state index in [9.17, 15) is 4.79 Å². The van der Waals surface area contributed by atoms with Crippen molar-refractivity contribution in [3.63, 3.8) is 0 Å². The number of aromatic nitrogens is 3. The lowest BCUT2D eigenvalue weighted by atomic mass is 10.1. The number of hydrogen-bond acceptors (Lipinski definition) is 6. The van der Waals surface area contributed by atoms with Crippen LogP contribution in [0.2, 0.25) is 0 Å². The maximum atomic E-state index is 11.8. The molecule has 3 aromatic rings. The third-order valence-corrected chi connectivity index (χ3v) is 5.12. The second-order valence-electron chi connectivity index (χ2n) is 7.24. The van der Waals surface area contributed by atoms with Gasteiger partial charge in [-0.15, -0.1) is 0 Å². The fourth-order valence-corrected chi connectivity index (χ4v) is 3.55. The van der Waals surface area contributed by atoms with Crippen LogP contribution in [0, 0.1) is 6.92 Å². The molecule has 0 spiro atoms. The minimum Gasteiger partial charge on any atom is -0.378 e. The van der Waals surface area contributed by atoms with Gasteiger partial charge in [0.05, 0.1) is 18.9 Å². The van der Waals surface area contributed by atoms with Crippen LogP contribution in [0.15, 0.2) is 48.8 Å². The topological polar surface area (TPSA) is 92.3 Å². The first-order chi connectivity index (χ1) is 15.2. The lowest BCUT2D eigenvalue weighted by Crippen LogP contribution is -2.37. The van der Waals surface area contributed by atoms with Crippen LogP contribution in [0.4, 0.5) is 16.3 Å². The summed E-state index contributed by atoms with van der Waals surface area (Å²) < 4.78 is 5.52. The molecule has 3 heterocycles. The highest BCUT2D eigenvalue weighted by Gasteiger charge is 2.20. The Balaban J connectivity index is 1.72. The fourth-order valence-electron chi connectivity index (χ4n) is 3.55. The molecule has 0 aliphatic carbocycles. The van der Waals surface area contributed by atoms with Crippen molar-refractivity contribution in [1.29, 1.82) is 0 Å². The Morgan fingerprint density at radius 2 is 1.74 bits per heavy atom. The summed E-state index contributed by atoms with van der Waals surface area (Å²) in [5.74, 6) is 1.56. The Morgan fingerprint density at radius 3 is 2.42 bits per heavy atom. The van der Waals surface area contributed by atoms with Crippen molar-refractivity contribution in [1.82, 2.24) is 20.3 Å². The Bertz CT molecular complexity index is 1030. The standard InChI is InChI=1S/C23H26N6O2/c1-3-25-23(30)26-19-6-4-18(5-7-19)21-27-20(17-8-10-24-11-9-17)16(2)22(28-21)29-12-14-31-15-13-29/h4-11H,3,12-15H2,1-2H3,(H2,25,26,30). The molecule has 2 amide bonds. The van der Waals surface area contributed by atoms with E-state index < -0.39 is 0 Å². The van der Waals surface area contributed by atoms with Gasteiger partial charge < -0.3 is 20.3 Å². The predicted octanol–water partition coefficient (Wildman–Crippen LogP) is 3.49. The number of nitrogens with one attached hydrogen (secondary N) is 2. The van der Waals surface area contributed by atoms with Crippen LogP contribution in [0.3, 0.4) is 0 Å². The van der Waals surface area contributed by atoms with Crippen LogP contribution < -0.4 is 15.5 Å². The summed E-state index contributed by atoms with van der Waals surface area (Å²) in [4.78, 5) is 27.9. The first kappa shape index (κ1) is 20.7. The summed E-state index contributed by atoms with van der Waals surface area (Å²) in [6.45, 7) is 7.47. The fraction of sp³-hybridized carbons (Fsp3) is 0.304. The molecule has 8 nitrogen and oxygen atoms in total. The molecule has 0 bridgehead atoms. The van der Waals surface area contributed by atoms with E-state index in [0.717, 1.165) is 41.3 Å². The van der Waals surface area contributed by atoms with E-state index in [4.69, 9.17) is 14.7 Å². The Hall–Kier alpha value is -3.52. The van der Waals surface area contributed by atoms with Crippen molar-refractivity contribution in [3.05, 3.63) is 54.4 Å². The van der Waals surface area contributed by atoms with E-state index in [1.54, 1.807) is 12.4 Å². The number of morpholine rings is 1. The normalized spacial score (nSPS) is 13.7. The lowest BCUT2D eigenvalue weighted by molar-refractivity contribution is 0.122. The van der Waals surface area contributed by atoms with Gasteiger partial charge in [0.1, 0.15) is 5.82 Å². The van der Waals surface area contributed by atoms with E-state index in [1.807, 2.05) is 43.3 Å². The third-order valence-electron chi connectivity index (χ3n) is 5.12.